The number of hydrogen-bond acceptors (Lipinski definition) is 4. The number of aryl methyl sites for hydroxylation is 1. The average Bonchev–Trinajstić information content (AvgIpc) is 2.87. The van der Waals surface area contributed by atoms with Crippen LogP contribution in [0.25, 0.3) is 5.57 Å². The first-order chi connectivity index (χ1) is 11.2. The number of fused-ring (bicyclic) bond motifs is 1. The summed E-state index contributed by atoms with van der Waals surface area (Å²) in [6, 6.07) is 0. The topological polar surface area (TPSA) is 57.5 Å². The molecule has 1 aromatic heterocycles. The van der Waals surface area contributed by atoms with Crippen LogP contribution in [-0.4, -0.2) is 29.9 Å². The van der Waals surface area contributed by atoms with Gasteiger partial charge in [-0.25, -0.2) is 4.79 Å². The highest BCUT2D eigenvalue weighted by atomic mass is 16.5. The standard InChI is InChI=1S/C19H23NO4/c1-7-24-18(22)15-12(2)10-14-16(15)13(11-20(5)17(14)21)8-9-19(3,4)23-6/h11H,7,10H2,1-6H3. The molecule has 5 nitrogen and oxygen atoms in total. The zero-order chi connectivity index (χ0) is 18.1. The second-order valence-electron chi connectivity index (χ2n) is 6.33. The van der Waals surface area contributed by atoms with Crippen molar-refractivity contribution in [1.29, 1.82) is 0 Å². The van der Waals surface area contributed by atoms with E-state index in [1.807, 2.05) is 20.8 Å². The molecule has 1 aliphatic rings. The van der Waals surface area contributed by atoms with Crippen molar-refractivity contribution >= 4 is 11.5 Å². The van der Waals surface area contributed by atoms with E-state index in [0.29, 0.717) is 28.7 Å². The molecule has 0 atom stereocenters. The molecule has 0 saturated carbocycles. The van der Waals surface area contributed by atoms with E-state index in [1.165, 1.54) is 4.57 Å². The number of nitrogens with zero attached hydrogens (tertiary/aromatic N) is 1. The van der Waals surface area contributed by atoms with Crippen LogP contribution < -0.4 is 5.56 Å². The number of methoxy groups -OCH3 is 1. The van der Waals surface area contributed by atoms with Crippen LogP contribution in [0, 0.1) is 11.8 Å². The van der Waals surface area contributed by atoms with Crippen LogP contribution in [0.15, 0.2) is 16.6 Å². The number of esters is 1. The molecule has 2 rings (SSSR count). The van der Waals surface area contributed by atoms with E-state index in [9.17, 15) is 9.59 Å². The van der Waals surface area contributed by atoms with Crippen LogP contribution in [0.3, 0.4) is 0 Å². The summed E-state index contributed by atoms with van der Waals surface area (Å²) in [4.78, 5) is 24.8. The summed E-state index contributed by atoms with van der Waals surface area (Å²) in [6.07, 6.45) is 2.11. The molecule has 5 heteroatoms. The van der Waals surface area contributed by atoms with E-state index in [4.69, 9.17) is 9.47 Å². The second kappa shape index (κ2) is 6.66. The van der Waals surface area contributed by atoms with Crippen molar-refractivity contribution < 1.29 is 14.3 Å². The molecular weight excluding hydrogens is 306 g/mol. The molecular formula is C19H23NO4. The Morgan fingerprint density at radius 3 is 2.67 bits per heavy atom. The maximum Gasteiger partial charge on any atom is 0.338 e. The smallest absolute Gasteiger partial charge is 0.338 e. The number of allylic oxidation sites excluding steroid dienone is 1. The van der Waals surface area contributed by atoms with E-state index >= 15 is 0 Å². The van der Waals surface area contributed by atoms with Gasteiger partial charge in [0, 0.05) is 43.5 Å². The maximum absolute atomic E-state index is 12.5. The number of carbonyl (C=O) groups is 1. The lowest BCUT2D eigenvalue weighted by atomic mass is 10.00. The number of hydrogen-bond donors (Lipinski definition) is 0. The molecule has 0 aromatic carbocycles. The summed E-state index contributed by atoms with van der Waals surface area (Å²) in [6.45, 7) is 7.61. The van der Waals surface area contributed by atoms with E-state index in [2.05, 4.69) is 11.8 Å². The van der Waals surface area contributed by atoms with Crippen LogP contribution in [-0.2, 0) is 27.7 Å². The number of ether oxygens (including phenoxy) is 2. The van der Waals surface area contributed by atoms with Crippen molar-refractivity contribution in [3.63, 3.8) is 0 Å². The minimum atomic E-state index is -0.622. The molecule has 0 radical (unpaired) electrons. The highest BCUT2D eigenvalue weighted by Gasteiger charge is 2.30. The van der Waals surface area contributed by atoms with Crippen molar-refractivity contribution in [2.75, 3.05) is 13.7 Å². The van der Waals surface area contributed by atoms with E-state index < -0.39 is 11.6 Å². The van der Waals surface area contributed by atoms with E-state index in [1.54, 1.807) is 27.3 Å². The van der Waals surface area contributed by atoms with Crippen molar-refractivity contribution in [2.45, 2.75) is 39.7 Å². The Kier molecular flexibility index (Phi) is 5.00. The molecule has 0 amide bonds. The first-order valence-corrected chi connectivity index (χ1v) is 7.90. The highest BCUT2D eigenvalue weighted by molar-refractivity contribution is 6.19. The van der Waals surface area contributed by atoms with Gasteiger partial charge in [0.15, 0.2) is 0 Å². The normalized spacial score (nSPS) is 13.4. The minimum Gasteiger partial charge on any atom is -0.462 e. The summed E-state index contributed by atoms with van der Waals surface area (Å²) in [7, 11) is 3.28. The third-order valence-corrected chi connectivity index (χ3v) is 4.08. The molecule has 128 valence electrons. The van der Waals surface area contributed by atoms with Gasteiger partial charge in [0.25, 0.3) is 5.56 Å². The Hall–Kier alpha value is -2.32. The Balaban J connectivity index is 2.68. The van der Waals surface area contributed by atoms with Crippen molar-refractivity contribution in [1.82, 2.24) is 4.57 Å². The lowest BCUT2D eigenvalue weighted by Gasteiger charge is -2.15. The molecule has 24 heavy (non-hydrogen) atoms. The van der Waals surface area contributed by atoms with Crippen molar-refractivity contribution in [3.8, 4) is 11.8 Å². The van der Waals surface area contributed by atoms with E-state index in [0.717, 1.165) is 5.57 Å². The minimum absolute atomic E-state index is 0.111. The third kappa shape index (κ3) is 3.29. The molecule has 0 N–H and O–H groups in total. The van der Waals surface area contributed by atoms with Gasteiger partial charge in [-0.15, -0.1) is 0 Å². The van der Waals surface area contributed by atoms with Gasteiger partial charge in [-0.3, -0.25) is 4.79 Å². The van der Waals surface area contributed by atoms with Gasteiger partial charge in [0.05, 0.1) is 12.2 Å². The van der Waals surface area contributed by atoms with Gasteiger partial charge in [-0.05, 0) is 27.7 Å². The molecule has 1 heterocycles. The first-order valence-electron chi connectivity index (χ1n) is 7.90. The summed E-state index contributed by atoms with van der Waals surface area (Å²) in [5.41, 5.74) is 2.40. The van der Waals surface area contributed by atoms with Gasteiger partial charge in [-0.1, -0.05) is 17.4 Å². The fraction of sp³-hybridized carbons (Fsp3) is 0.474. The predicted octanol–water partition coefficient (Wildman–Crippen LogP) is 2.05. The summed E-state index contributed by atoms with van der Waals surface area (Å²) >= 11 is 0. The number of pyridine rings is 1. The molecule has 0 unspecified atom stereocenters. The molecule has 1 aromatic rings. The van der Waals surface area contributed by atoms with Crippen LogP contribution in [0.4, 0.5) is 0 Å². The first kappa shape index (κ1) is 18.0. The fourth-order valence-electron chi connectivity index (χ4n) is 2.66. The zero-order valence-corrected chi connectivity index (χ0v) is 15.1. The Labute approximate surface area is 142 Å². The summed E-state index contributed by atoms with van der Waals surface area (Å²) in [5, 5.41) is 0. The average molecular weight is 329 g/mol. The zero-order valence-electron chi connectivity index (χ0n) is 15.1. The lowest BCUT2D eigenvalue weighted by molar-refractivity contribution is -0.136. The Morgan fingerprint density at radius 1 is 1.42 bits per heavy atom. The SMILES string of the molecule is CCOC(=O)C1=C(C)Cc2c1c(C#CC(C)(C)OC)cn(C)c2=O. The fourth-order valence-corrected chi connectivity index (χ4v) is 2.66. The highest BCUT2D eigenvalue weighted by Crippen LogP contribution is 2.34. The molecule has 1 aliphatic carbocycles. The summed E-state index contributed by atoms with van der Waals surface area (Å²) in [5.74, 6) is 5.71. The van der Waals surface area contributed by atoms with Crippen molar-refractivity contribution in [2.24, 2.45) is 7.05 Å². The largest absolute Gasteiger partial charge is 0.462 e. The molecule has 0 bridgehead atoms. The third-order valence-electron chi connectivity index (χ3n) is 4.08. The van der Waals surface area contributed by atoms with Crippen LogP contribution in [0.1, 0.15) is 44.4 Å². The lowest BCUT2D eigenvalue weighted by Crippen LogP contribution is -2.23. The quantitative estimate of drug-likeness (QED) is 0.629. The number of rotatable bonds is 3. The van der Waals surface area contributed by atoms with E-state index in [-0.39, 0.29) is 12.2 Å². The Morgan fingerprint density at radius 2 is 2.08 bits per heavy atom. The van der Waals surface area contributed by atoms with Crippen LogP contribution in [0.2, 0.25) is 0 Å². The molecule has 0 spiro atoms. The predicted molar refractivity (Wildman–Crippen MR) is 92.6 cm³/mol. The van der Waals surface area contributed by atoms with Crippen LogP contribution >= 0.6 is 0 Å². The van der Waals surface area contributed by atoms with Gasteiger partial charge in [0.2, 0.25) is 0 Å². The maximum atomic E-state index is 12.5. The number of carbonyl (C=O) groups excluding carboxylic acids is 1. The van der Waals surface area contributed by atoms with Crippen molar-refractivity contribution in [3.05, 3.63) is 38.8 Å². The Bertz CT molecular complexity index is 831. The second-order valence-corrected chi connectivity index (χ2v) is 6.33. The summed E-state index contributed by atoms with van der Waals surface area (Å²) < 4.78 is 12.0. The molecule has 0 fully saturated rings. The molecule has 0 aliphatic heterocycles. The van der Waals surface area contributed by atoms with Crippen LogP contribution in [0.5, 0.6) is 0 Å². The molecule has 0 saturated heterocycles. The monoisotopic (exact) mass is 329 g/mol. The number of aromatic nitrogens is 1. The van der Waals surface area contributed by atoms with Gasteiger partial charge >= 0.3 is 5.97 Å². The van der Waals surface area contributed by atoms with Gasteiger partial charge < -0.3 is 14.0 Å². The van der Waals surface area contributed by atoms with Gasteiger partial charge in [0.1, 0.15) is 5.60 Å². The van der Waals surface area contributed by atoms with Gasteiger partial charge in [-0.2, -0.15) is 0 Å².